The number of aromatic nitrogens is 2. The van der Waals surface area contributed by atoms with Crippen molar-refractivity contribution in [1.29, 1.82) is 0 Å². The van der Waals surface area contributed by atoms with Crippen molar-refractivity contribution in [2.45, 2.75) is 45.4 Å². The number of nitrogens with zero attached hydrogens (tertiary/aromatic N) is 2. The quantitative estimate of drug-likeness (QED) is 0.298. The monoisotopic (exact) mass is 418 g/mol. The predicted octanol–water partition coefficient (Wildman–Crippen LogP) is 7.98. The van der Waals surface area contributed by atoms with Crippen LogP contribution in [0.15, 0.2) is 71.3 Å². The van der Waals surface area contributed by atoms with Gasteiger partial charge >= 0.3 is 0 Å². The minimum absolute atomic E-state index is 0.685. The SMILES string of the molecule is Cc1ccc2c(n1)oc1c(-c3ncccc3-c3ccc(C4CCCC4)cc3)c(C)ccc12. The summed E-state index contributed by atoms with van der Waals surface area (Å²) in [6, 6.07) is 21.7. The zero-order chi connectivity index (χ0) is 21.7. The lowest BCUT2D eigenvalue weighted by atomic mass is 9.92. The van der Waals surface area contributed by atoms with Crippen LogP contribution in [-0.4, -0.2) is 9.97 Å². The summed E-state index contributed by atoms with van der Waals surface area (Å²) in [6.45, 7) is 4.12. The summed E-state index contributed by atoms with van der Waals surface area (Å²) >= 11 is 0. The van der Waals surface area contributed by atoms with Gasteiger partial charge in [-0.15, -0.1) is 0 Å². The van der Waals surface area contributed by atoms with E-state index in [1.54, 1.807) is 0 Å². The Bertz CT molecular complexity index is 1440. The Morgan fingerprint density at radius 1 is 0.844 bits per heavy atom. The molecule has 32 heavy (non-hydrogen) atoms. The zero-order valence-electron chi connectivity index (χ0n) is 18.6. The molecule has 0 amide bonds. The van der Waals surface area contributed by atoms with Crippen LogP contribution in [-0.2, 0) is 0 Å². The molecule has 1 aliphatic rings. The number of furan rings is 1. The maximum Gasteiger partial charge on any atom is 0.227 e. The summed E-state index contributed by atoms with van der Waals surface area (Å²) in [5.74, 6) is 0.722. The molecule has 0 saturated heterocycles. The first-order valence-corrected chi connectivity index (χ1v) is 11.5. The van der Waals surface area contributed by atoms with Crippen molar-refractivity contribution in [2.24, 2.45) is 0 Å². The van der Waals surface area contributed by atoms with Gasteiger partial charge in [0.05, 0.1) is 5.69 Å². The molecule has 158 valence electrons. The van der Waals surface area contributed by atoms with E-state index in [0.717, 1.165) is 50.4 Å². The Hall–Kier alpha value is -3.46. The topological polar surface area (TPSA) is 38.9 Å². The lowest BCUT2D eigenvalue weighted by molar-refractivity contribution is 0.653. The zero-order valence-corrected chi connectivity index (χ0v) is 18.6. The third-order valence-corrected chi connectivity index (χ3v) is 6.95. The number of rotatable bonds is 3. The lowest BCUT2D eigenvalue weighted by Crippen LogP contribution is -1.94. The molecule has 5 aromatic rings. The Morgan fingerprint density at radius 3 is 2.44 bits per heavy atom. The highest BCUT2D eigenvalue weighted by Gasteiger charge is 2.20. The Balaban J connectivity index is 1.53. The standard InChI is InChI=1S/C29H26N2O/c1-18-9-15-24-25-16-10-19(2)31-29(25)32-28(24)26(18)27-23(8-5-17-30-27)22-13-11-21(12-14-22)20-6-3-4-7-20/h5,8-17,20H,3-4,6-7H2,1-2H3. The first-order valence-electron chi connectivity index (χ1n) is 11.5. The highest BCUT2D eigenvalue weighted by Crippen LogP contribution is 2.41. The van der Waals surface area contributed by atoms with E-state index in [1.807, 2.05) is 25.3 Å². The van der Waals surface area contributed by atoms with Crippen LogP contribution in [0.3, 0.4) is 0 Å². The molecule has 3 heterocycles. The molecular weight excluding hydrogens is 392 g/mol. The molecule has 3 aromatic heterocycles. The maximum atomic E-state index is 6.33. The van der Waals surface area contributed by atoms with Crippen LogP contribution in [0.1, 0.15) is 48.4 Å². The van der Waals surface area contributed by atoms with Crippen LogP contribution in [0, 0.1) is 13.8 Å². The highest BCUT2D eigenvalue weighted by molar-refractivity contribution is 6.10. The number of benzene rings is 2. The lowest BCUT2D eigenvalue weighted by Gasteiger charge is -2.14. The van der Waals surface area contributed by atoms with Crippen molar-refractivity contribution >= 4 is 22.1 Å². The Kier molecular flexibility index (Phi) is 4.57. The third kappa shape index (κ3) is 3.12. The van der Waals surface area contributed by atoms with Crippen LogP contribution in [0.25, 0.3) is 44.5 Å². The molecule has 0 bridgehead atoms. The fourth-order valence-corrected chi connectivity index (χ4v) is 5.24. The van der Waals surface area contributed by atoms with Gasteiger partial charge in [-0.2, -0.15) is 0 Å². The summed E-state index contributed by atoms with van der Waals surface area (Å²) in [6.07, 6.45) is 7.22. The minimum atomic E-state index is 0.685. The van der Waals surface area contributed by atoms with Gasteiger partial charge in [0.15, 0.2) is 0 Å². The highest BCUT2D eigenvalue weighted by atomic mass is 16.3. The van der Waals surface area contributed by atoms with Crippen LogP contribution in [0.2, 0.25) is 0 Å². The van der Waals surface area contributed by atoms with E-state index in [4.69, 9.17) is 9.40 Å². The summed E-state index contributed by atoms with van der Waals surface area (Å²) in [4.78, 5) is 9.46. The van der Waals surface area contributed by atoms with Gasteiger partial charge in [-0.05, 0) is 67.5 Å². The van der Waals surface area contributed by atoms with Gasteiger partial charge in [-0.1, -0.05) is 55.3 Å². The van der Waals surface area contributed by atoms with Gasteiger partial charge in [0.25, 0.3) is 0 Å². The van der Waals surface area contributed by atoms with Gasteiger partial charge in [0, 0.05) is 33.8 Å². The van der Waals surface area contributed by atoms with Crippen LogP contribution in [0.5, 0.6) is 0 Å². The second-order valence-corrected chi connectivity index (χ2v) is 9.04. The van der Waals surface area contributed by atoms with E-state index in [0.29, 0.717) is 5.71 Å². The number of fused-ring (bicyclic) bond motifs is 3. The summed E-state index contributed by atoms with van der Waals surface area (Å²) < 4.78 is 6.33. The second-order valence-electron chi connectivity index (χ2n) is 9.04. The molecule has 0 radical (unpaired) electrons. The van der Waals surface area contributed by atoms with Gasteiger partial charge in [-0.25, -0.2) is 4.98 Å². The molecule has 0 N–H and O–H groups in total. The Morgan fingerprint density at radius 2 is 1.62 bits per heavy atom. The van der Waals surface area contributed by atoms with Crippen molar-refractivity contribution in [1.82, 2.24) is 9.97 Å². The molecule has 3 heteroatoms. The van der Waals surface area contributed by atoms with Gasteiger partial charge in [0.2, 0.25) is 5.71 Å². The average molecular weight is 419 g/mol. The molecule has 0 atom stereocenters. The van der Waals surface area contributed by atoms with Crippen LogP contribution in [0.4, 0.5) is 0 Å². The minimum Gasteiger partial charge on any atom is -0.437 e. The number of aryl methyl sites for hydroxylation is 2. The predicted molar refractivity (Wildman–Crippen MR) is 131 cm³/mol. The fourth-order valence-electron chi connectivity index (χ4n) is 5.24. The molecular formula is C29H26N2O. The number of hydrogen-bond donors (Lipinski definition) is 0. The largest absolute Gasteiger partial charge is 0.437 e. The third-order valence-electron chi connectivity index (χ3n) is 6.95. The molecule has 3 nitrogen and oxygen atoms in total. The molecule has 0 spiro atoms. The molecule has 2 aromatic carbocycles. The summed E-state index contributed by atoms with van der Waals surface area (Å²) in [5, 5.41) is 2.13. The average Bonchev–Trinajstić information content (AvgIpc) is 3.47. The smallest absolute Gasteiger partial charge is 0.227 e. The summed E-state index contributed by atoms with van der Waals surface area (Å²) in [5.41, 5.74) is 9.45. The van der Waals surface area contributed by atoms with E-state index >= 15 is 0 Å². The molecule has 1 saturated carbocycles. The van der Waals surface area contributed by atoms with Crippen molar-refractivity contribution < 1.29 is 4.42 Å². The first kappa shape index (κ1) is 19.2. The Labute approximate surface area is 188 Å². The number of hydrogen-bond acceptors (Lipinski definition) is 3. The molecule has 0 unspecified atom stereocenters. The summed E-state index contributed by atoms with van der Waals surface area (Å²) in [7, 11) is 0. The van der Waals surface area contributed by atoms with E-state index in [1.165, 1.54) is 36.8 Å². The van der Waals surface area contributed by atoms with Crippen molar-refractivity contribution in [3.63, 3.8) is 0 Å². The molecule has 0 aliphatic heterocycles. The van der Waals surface area contributed by atoms with Crippen molar-refractivity contribution in [2.75, 3.05) is 0 Å². The maximum absolute atomic E-state index is 6.33. The molecule has 1 fully saturated rings. The number of pyridine rings is 2. The second kappa shape index (κ2) is 7.59. The molecule has 1 aliphatic carbocycles. The van der Waals surface area contributed by atoms with Gasteiger partial charge in [0.1, 0.15) is 5.58 Å². The van der Waals surface area contributed by atoms with Crippen molar-refractivity contribution in [3.8, 4) is 22.4 Å². The van der Waals surface area contributed by atoms with Crippen molar-refractivity contribution in [3.05, 3.63) is 83.7 Å². The van der Waals surface area contributed by atoms with E-state index < -0.39 is 0 Å². The van der Waals surface area contributed by atoms with Crippen LogP contribution >= 0.6 is 0 Å². The fraction of sp³-hybridized carbons (Fsp3) is 0.241. The van der Waals surface area contributed by atoms with Gasteiger partial charge < -0.3 is 4.42 Å². The normalized spacial score (nSPS) is 14.6. The van der Waals surface area contributed by atoms with Gasteiger partial charge in [-0.3, -0.25) is 4.98 Å². The first-order chi connectivity index (χ1) is 15.7. The van der Waals surface area contributed by atoms with E-state index in [9.17, 15) is 0 Å². The van der Waals surface area contributed by atoms with Crippen LogP contribution < -0.4 is 0 Å². The molecule has 6 rings (SSSR count). The van der Waals surface area contributed by atoms with E-state index in [2.05, 4.69) is 60.4 Å². The van der Waals surface area contributed by atoms with E-state index in [-0.39, 0.29) is 0 Å².